The summed E-state index contributed by atoms with van der Waals surface area (Å²) in [6.45, 7) is 2.70. The highest BCUT2D eigenvalue weighted by Crippen LogP contribution is 2.27. The van der Waals surface area contributed by atoms with E-state index in [0.717, 1.165) is 12.0 Å². The molecule has 2 heterocycles. The van der Waals surface area contributed by atoms with E-state index in [1.807, 2.05) is 0 Å². The zero-order valence-electron chi connectivity index (χ0n) is 13.5. The number of aromatic nitrogens is 2. The zero-order chi connectivity index (χ0) is 18.0. The zero-order valence-corrected chi connectivity index (χ0v) is 15.0. The summed E-state index contributed by atoms with van der Waals surface area (Å²) in [5.74, 6) is -0.278. The van der Waals surface area contributed by atoms with E-state index in [-0.39, 0.29) is 23.6 Å². The highest BCUT2D eigenvalue weighted by Gasteiger charge is 2.26. The summed E-state index contributed by atoms with van der Waals surface area (Å²) in [6, 6.07) is 6.68. The topological polar surface area (TPSA) is 75.2 Å². The van der Waals surface area contributed by atoms with Crippen molar-refractivity contribution >= 4 is 35.0 Å². The number of hydrogen-bond donors (Lipinski definition) is 1. The van der Waals surface area contributed by atoms with E-state index in [1.165, 1.54) is 13.3 Å². The molecule has 1 aromatic carbocycles. The van der Waals surface area contributed by atoms with Gasteiger partial charge in [0.15, 0.2) is 0 Å². The number of likely N-dealkylation sites (tertiary alicyclic amines) is 1. The molecule has 2 aromatic rings. The molecule has 8 heteroatoms. The molecule has 130 valence electrons. The molecule has 1 aliphatic heterocycles. The second kappa shape index (κ2) is 7.37. The number of hydrogen-bond acceptors (Lipinski definition) is 4. The number of amides is 2. The normalized spacial score (nSPS) is 16.8. The molecular weight excluding hydrogens is 363 g/mol. The maximum absolute atomic E-state index is 12.4. The fourth-order valence-corrected chi connectivity index (χ4v) is 3.02. The van der Waals surface area contributed by atoms with Gasteiger partial charge >= 0.3 is 0 Å². The first-order valence-electron chi connectivity index (χ1n) is 7.78. The Labute approximate surface area is 155 Å². The molecule has 0 radical (unpaired) electrons. The van der Waals surface area contributed by atoms with Gasteiger partial charge in [0.05, 0.1) is 15.7 Å². The van der Waals surface area contributed by atoms with E-state index < -0.39 is 0 Å². The highest BCUT2D eigenvalue weighted by atomic mass is 35.5. The Balaban J connectivity index is 1.74. The summed E-state index contributed by atoms with van der Waals surface area (Å²) < 4.78 is 0. The smallest absolute Gasteiger partial charge is 0.270 e. The fraction of sp³-hybridized carbons (Fsp3) is 0.294. The van der Waals surface area contributed by atoms with Crippen LogP contribution in [-0.2, 0) is 4.79 Å². The van der Waals surface area contributed by atoms with Crippen molar-refractivity contribution < 1.29 is 9.59 Å². The van der Waals surface area contributed by atoms with Crippen LogP contribution in [0, 0.1) is 0 Å². The van der Waals surface area contributed by atoms with Gasteiger partial charge in [-0.1, -0.05) is 29.3 Å². The Morgan fingerprint density at radius 2 is 2.00 bits per heavy atom. The average molecular weight is 379 g/mol. The monoisotopic (exact) mass is 378 g/mol. The van der Waals surface area contributed by atoms with Crippen LogP contribution in [0.4, 0.5) is 0 Å². The van der Waals surface area contributed by atoms with E-state index in [0.29, 0.717) is 28.8 Å². The first-order chi connectivity index (χ1) is 11.9. The highest BCUT2D eigenvalue weighted by molar-refractivity contribution is 6.42. The predicted molar refractivity (Wildman–Crippen MR) is 95.6 cm³/mol. The van der Waals surface area contributed by atoms with Gasteiger partial charge in [-0.25, -0.2) is 9.97 Å². The molecule has 1 aliphatic rings. The lowest BCUT2D eigenvalue weighted by Gasteiger charge is -2.15. The molecule has 3 rings (SSSR count). The van der Waals surface area contributed by atoms with Gasteiger partial charge in [-0.3, -0.25) is 9.59 Å². The van der Waals surface area contributed by atoms with Crippen molar-refractivity contribution in [1.82, 2.24) is 20.2 Å². The average Bonchev–Trinajstić information content (AvgIpc) is 3.06. The second-order valence-corrected chi connectivity index (χ2v) is 6.66. The fourth-order valence-electron chi connectivity index (χ4n) is 2.72. The third kappa shape index (κ3) is 4.08. The summed E-state index contributed by atoms with van der Waals surface area (Å²) >= 11 is 12.0. The Morgan fingerprint density at radius 3 is 2.68 bits per heavy atom. The van der Waals surface area contributed by atoms with Crippen LogP contribution < -0.4 is 5.32 Å². The van der Waals surface area contributed by atoms with Gasteiger partial charge < -0.3 is 10.2 Å². The first kappa shape index (κ1) is 17.6. The number of rotatable bonds is 3. The molecule has 0 spiro atoms. The number of carbonyl (C=O) groups is 2. The molecular formula is C17H16Cl2N4O2. The van der Waals surface area contributed by atoms with Gasteiger partial charge in [0.1, 0.15) is 12.0 Å². The molecule has 6 nitrogen and oxygen atoms in total. The van der Waals surface area contributed by atoms with Crippen LogP contribution >= 0.6 is 23.2 Å². The number of benzene rings is 1. The van der Waals surface area contributed by atoms with Crippen molar-refractivity contribution in [3.05, 3.63) is 46.3 Å². The molecule has 0 saturated carbocycles. The third-order valence-electron chi connectivity index (χ3n) is 4.08. The van der Waals surface area contributed by atoms with E-state index in [1.54, 1.807) is 29.2 Å². The van der Waals surface area contributed by atoms with Gasteiger partial charge in [0.25, 0.3) is 5.91 Å². The molecule has 1 fully saturated rings. The Kier molecular flexibility index (Phi) is 5.20. The largest absolute Gasteiger partial charge is 0.346 e. The lowest BCUT2D eigenvalue weighted by Crippen LogP contribution is -2.38. The standard InChI is InChI=1S/C17H16Cl2N4O2/c1-10(24)23-5-4-12(8-23)22-17(25)16-7-15(20-9-21-16)11-2-3-13(18)14(19)6-11/h2-3,6-7,9,12H,4-5,8H2,1H3,(H,22,25). The van der Waals surface area contributed by atoms with Crippen LogP contribution in [0.2, 0.25) is 10.0 Å². The Morgan fingerprint density at radius 1 is 1.20 bits per heavy atom. The van der Waals surface area contributed by atoms with Crippen LogP contribution in [0.1, 0.15) is 23.8 Å². The number of halogens is 2. The van der Waals surface area contributed by atoms with Gasteiger partial charge in [-0.15, -0.1) is 0 Å². The van der Waals surface area contributed by atoms with E-state index >= 15 is 0 Å². The van der Waals surface area contributed by atoms with Crippen molar-refractivity contribution in [2.45, 2.75) is 19.4 Å². The summed E-state index contributed by atoms with van der Waals surface area (Å²) in [4.78, 5) is 33.7. The molecule has 1 atom stereocenters. The van der Waals surface area contributed by atoms with E-state index in [4.69, 9.17) is 23.2 Å². The summed E-state index contributed by atoms with van der Waals surface area (Å²) in [6.07, 6.45) is 2.07. The van der Waals surface area contributed by atoms with Crippen molar-refractivity contribution in [1.29, 1.82) is 0 Å². The molecule has 0 bridgehead atoms. The van der Waals surface area contributed by atoms with E-state index in [2.05, 4.69) is 15.3 Å². The van der Waals surface area contributed by atoms with Crippen molar-refractivity contribution in [2.24, 2.45) is 0 Å². The van der Waals surface area contributed by atoms with Gasteiger partial charge in [-0.05, 0) is 24.6 Å². The summed E-state index contributed by atoms with van der Waals surface area (Å²) in [5, 5.41) is 3.78. The minimum atomic E-state index is -0.292. The Hall–Kier alpha value is -2.18. The number of nitrogens with one attached hydrogen (secondary N) is 1. The number of nitrogens with zero attached hydrogens (tertiary/aromatic N) is 3. The van der Waals surface area contributed by atoms with Crippen molar-refractivity contribution in [2.75, 3.05) is 13.1 Å². The van der Waals surface area contributed by atoms with Gasteiger partial charge in [0, 0.05) is 31.6 Å². The molecule has 25 heavy (non-hydrogen) atoms. The van der Waals surface area contributed by atoms with Crippen molar-refractivity contribution in [3.63, 3.8) is 0 Å². The third-order valence-corrected chi connectivity index (χ3v) is 4.82. The van der Waals surface area contributed by atoms with Crippen LogP contribution in [0.3, 0.4) is 0 Å². The van der Waals surface area contributed by atoms with Gasteiger partial charge in [0.2, 0.25) is 5.91 Å². The SMILES string of the molecule is CC(=O)N1CCC(NC(=O)c2cc(-c3ccc(Cl)c(Cl)c3)ncn2)C1. The maximum atomic E-state index is 12.4. The lowest BCUT2D eigenvalue weighted by atomic mass is 10.1. The maximum Gasteiger partial charge on any atom is 0.270 e. The first-order valence-corrected chi connectivity index (χ1v) is 8.53. The molecule has 2 amide bonds. The van der Waals surface area contributed by atoms with Gasteiger partial charge in [-0.2, -0.15) is 0 Å². The van der Waals surface area contributed by atoms with Crippen LogP contribution in [-0.4, -0.2) is 45.8 Å². The quantitative estimate of drug-likeness (QED) is 0.890. The summed E-state index contributed by atoms with van der Waals surface area (Å²) in [5.41, 5.74) is 1.59. The van der Waals surface area contributed by atoms with Crippen LogP contribution in [0.25, 0.3) is 11.3 Å². The van der Waals surface area contributed by atoms with E-state index in [9.17, 15) is 9.59 Å². The van der Waals surface area contributed by atoms with Crippen LogP contribution in [0.5, 0.6) is 0 Å². The minimum Gasteiger partial charge on any atom is -0.346 e. The molecule has 1 aromatic heterocycles. The molecule has 1 saturated heterocycles. The minimum absolute atomic E-state index is 0.0145. The molecule has 0 aliphatic carbocycles. The lowest BCUT2D eigenvalue weighted by molar-refractivity contribution is -0.127. The Bertz CT molecular complexity index is 828. The molecule has 1 N–H and O–H groups in total. The molecule has 1 unspecified atom stereocenters. The van der Waals surface area contributed by atoms with Crippen molar-refractivity contribution in [3.8, 4) is 11.3 Å². The number of carbonyl (C=O) groups excluding carboxylic acids is 2. The van der Waals surface area contributed by atoms with Crippen LogP contribution in [0.15, 0.2) is 30.6 Å². The predicted octanol–water partition coefficient (Wildman–Crippen LogP) is 2.80. The summed E-state index contributed by atoms with van der Waals surface area (Å²) in [7, 11) is 0. The second-order valence-electron chi connectivity index (χ2n) is 5.84.